The van der Waals surface area contributed by atoms with Crippen LogP contribution >= 0.6 is 0 Å². The molecule has 0 aromatic carbocycles. The number of hydrogen-bond acceptors (Lipinski definition) is 4. The van der Waals surface area contributed by atoms with Crippen LogP contribution in [0.25, 0.3) is 0 Å². The van der Waals surface area contributed by atoms with Crippen LogP contribution in [0.5, 0.6) is 0 Å². The lowest BCUT2D eigenvalue weighted by Gasteiger charge is -2.36. The number of hydrogen-bond donors (Lipinski definition) is 2. The van der Waals surface area contributed by atoms with Gasteiger partial charge in [0, 0.05) is 31.6 Å². The largest absolute Gasteiger partial charge is 0.378 e. The summed E-state index contributed by atoms with van der Waals surface area (Å²) in [5, 5.41) is 4.19. The molecule has 0 radical (unpaired) electrons. The molecule has 0 spiro atoms. The van der Waals surface area contributed by atoms with Crippen LogP contribution in [-0.4, -0.2) is 28.5 Å². The lowest BCUT2D eigenvalue weighted by Crippen LogP contribution is -2.41. The van der Waals surface area contributed by atoms with Gasteiger partial charge in [-0.1, -0.05) is 0 Å². The lowest BCUT2D eigenvalue weighted by molar-refractivity contribution is -0.0292. The van der Waals surface area contributed by atoms with Crippen molar-refractivity contribution >= 4 is 0 Å². The third-order valence-electron chi connectivity index (χ3n) is 4.12. The Labute approximate surface area is 115 Å². The smallest absolute Gasteiger partial charge is 0.0580 e. The molecule has 5 heteroatoms. The van der Waals surface area contributed by atoms with E-state index in [4.69, 9.17) is 10.6 Å². The Hall–Kier alpha value is -0.910. The Kier molecular flexibility index (Phi) is 5.36. The summed E-state index contributed by atoms with van der Waals surface area (Å²) in [6.45, 7) is 2.89. The van der Waals surface area contributed by atoms with E-state index in [0.29, 0.717) is 12.1 Å². The molecule has 0 bridgehead atoms. The van der Waals surface area contributed by atoms with Crippen LogP contribution in [0.1, 0.15) is 38.3 Å². The molecule has 1 aliphatic rings. The molecule has 0 saturated heterocycles. The Balaban J connectivity index is 1.68. The molecule has 1 heterocycles. The van der Waals surface area contributed by atoms with Gasteiger partial charge >= 0.3 is 0 Å². The van der Waals surface area contributed by atoms with Crippen LogP contribution in [-0.2, 0) is 18.2 Å². The Morgan fingerprint density at radius 3 is 2.95 bits per heavy atom. The quantitative estimate of drug-likeness (QED) is 0.551. The van der Waals surface area contributed by atoms with Gasteiger partial charge in [0.2, 0.25) is 0 Å². The Bertz CT molecular complexity index is 373. The average molecular weight is 266 g/mol. The van der Waals surface area contributed by atoms with Crippen LogP contribution < -0.4 is 11.3 Å². The van der Waals surface area contributed by atoms with E-state index in [9.17, 15) is 0 Å². The Morgan fingerprint density at radius 2 is 2.37 bits per heavy atom. The van der Waals surface area contributed by atoms with Crippen molar-refractivity contribution < 1.29 is 4.74 Å². The number of aryl methyl sites for hydroxylation is 2. The van der Waals surface area contributed by atoms with Crippen LogP contribution in [0.15, 0.2) is 12.3 Å². The maximum atomic E-state index is 5.67. The number of aromatic nitrogens is 2. The minimum Gasteiger partial charge on any atom is -0.378 e. The van der Waals surface area contributed by atoms with Gasteiger partial charge in [0.15, 0.2) is 0 Å². The van der Waals surface area contributed by atoms with Gasteiger partial charge in [0.05, 0.1) is 6.10 Å². The highest BCUT2D eigenvalue weighted by molar-refractivity contribution is 5.00. The monoisotopic (exact) mass is 266 g/mol. The summed E-state index contributed by atoms with van der Waals surface area (Å²) in [6, 6.07) is 2.46. The van der Waals surface area contributed by atoms with Gasteiger partial charge in [-0.2, -0.15) is 5.10 Å². The molecule has 1 aromatic rings. The topological polar surface area (TPSA) is 65.1 Å². The molecule has 0 aliphatic heterocycles. The van der Waals surface area contributed by atoms with Gasteiger partial charge in [0.25, 0.3) is 0 Å². The summed E-state index contributed by atoms with van der Waals surface area (Å²) >= 11 is 0. The van der Waals surface area contributed by atoms with E-state index >= 15 is 0 Å². The Morgan fingerprint density at radius 1 is 1.58 bits per heavy atom. The number of nitrogens with zero attached hydrogens (tertiary/aromatic N) is 2. The molecule has 5 nitrogen and oxygen atoms in total. The van der Waals surface area contributed by atoms with Gasteiger partial charge in [-0.05, 0) is 51.0 Å². The van der Waals surface area contributed by atoms with E-state index in [1.54, 1.807) is 0 Å². The summed E-state index contributed by atoms with van der Waals surface area (Å²) in [7, 11) is 1.98. The van der Waals surface area contributed by atoms with E-state index in [0.717, 1.165) is 31.8 Å². The fraction of sp³-hybridized carbons (Fsp3) is 0.786. The third kappa shape index (κ3) is 4.03. The molecule has 1 saturated carbocycles. The summed E-state index contributed by atoms with van der Waals surface area (Å²) < 4.78 is 7.53. The van der Waals surface area contributed by atoms with Crippen molar-refractivity contribution in [1.29, 1.82) is 0 Å². The predicted molar refractivity (Wildman–Crippen MR) is 75.4 cm³/mol. The lowest BCUT2D eigenvalue weighted by atomic mass is 9.77. The van der Waals surface area contributed by atoms with Crippen LogP contribution in [0.4, 0.5) is 0 Å². The van der Waals surface area contributed by atoms with Gasteiger partial charge in [0.1, 0.15) is 0 Å². The zero-order chi connectivity index (χ0) is 13.7. The third-order valence-corrected chi connectivity index (χ3v) is 4.12. The highest BCUT2D eigenvalue weighted by Gasteiger charge is 2.31. The first-order valence-electron chi connectivity index (χ1n) is 7.27. The van der Waals surface area contributed by atoms with Gasteiger partial charge < -0.3 is 4.74 Å². The minimum absolute atomic E-state index is 0.391. The summed E-state index contributed by atoms with van der Waals surface area (Å²) in [6.07, 6.45) is 7.95. The number of rotatable bonds is 8. The first-order valence-corrected chi connectivity index (χ1v) is 7.27. The average Bonchev–Trinajstić information content (AvgIpc) is 2.76. The number of nitrogens with two attached hydrogens (primary N) is 1. The first-order chi connectivity index (χ1) is 9.22. The molecule has 108 valence electrons. The molecule has 1 aromatic heterocycles. The second-order valence-corrected chi connectivity index (χ2v) is 5.50. The van der Waals surface area contributed by atoms with Crippen LogP contribution in [0.2, 0.25) is 0 Å². The summed E-state index contributed by atoms with van der Waals surface area (Å²) in [5.41, 5.74) is 4.22. The van der Waals surface area contributed by atoms with Gasteiger partial charge in [-0.3, -0.25) is 16.0 Å². The molecule has 0 amide bonds. The van der Waals surface area contributed by atoms with Crippen molar-refractivity contribution in [2.24, 2.45) is 18.8 Å². The van der Waals surface area contributed by atoms with Gasteiger partial charge in [-0.25, -0.2) is 0 Å². The zero-order valence-electron chi connectivity index (χ0n) is 12.0. The van der Waals surface area contributed by atoms with Gasteiger partial charge in [-0.15, -0.1) is 0 Å². The maximum Gasteiger partial charge on any atom is 0.0580 e. The van der Waals surface area contributed by atoms with Crippen LogP contribution in [0, 0.1) is 5.92 Å². The fourth-order valence-electron chi connectivity index (χ4n) is 2.88. The van der Waals surface area contributed by atoms with Crippen molar-refractivity contribution in [1.82, 2.24) is 15.2 Å². The summed E-state index contributed by atoms with van der Waals surface area (Å²) in [4.78, 5) is 0. The minimum atomic E-state index is 0.391. The SMILES string of the molecule is CCOC1CC(CC(CCc2ccnn2C)NN)C1. The molecule has 1 aliphatic carbocycles. The van der Waals surface area contributed by atoms with E-state index in [1.807, 2.05) is 17.9 Å². The second kappa shape index (κ2) is 7.03. The first kappa shape index (κ1) is 14.5. The maximum absolute atomic E-state index is 5.67. The predicted octanol–water partition coefficient (Wildman–Crippen LogP) is 1.39. The molecule has 1 atom stereocenters. The van der Waals surface area contributed by atoms with E-state index < -0.39 is 0 Å². The second-order valence-electron chi connectivity index (χ2n) is 5.50. The van der Waals surface area contributed by atoms with Crippen molar-refractivity contribution in [3.8, 4) is 0 Å². The van der Waals surface area contributed by atoms with E-state index in [2.05, 4.69) is 23.5 Å². The van der Waals surface area contributed by atoms with Crippen molar-refractivity contribution in [3.05, 3.63) is 18.0 Å². The highest BCUT2D eigenvalue weighted by atomic mass is 16.5. The molecule has 1 unspecified atom stereocenters. The standard InChI is InChI=1S/C14H26N4O/c1-3-19-14-9-11(10-14)8-12(17-15)4-5-13-6-7-16-18(13)2/h6-7,11-12,14,17H,3-5,8-10,15H2,1-2H3. The molecule has 3 N–H and O–H groups in total. The number of hydrazine groups is 1. The molecular formula is C14H26N4O. The van der Waals surface area contributed by atoms with E-state index in [-0.39, 0.29) is 0 Å². The molecule has 19 heavy (non-hydrogen) atoms. The van der Waals surface area contributed by atoms with Crippen molar-refractivity contribution in [3.63, 3.8) is 0 Å². The highest BCUT2D eigenvalue weighted by Crippen LogP contribution is 2.34. The number of ether oxygens (including phenoxy) is 1. The summed E-state index contributed by atoms with van der Waals surface area (Å²) in [5.74, 6) is 6.43. The van der Waals surface area contributed by atoms with Crippen LogP contribution in [0.3, 0.4) is 0 Å². The van der Waals surface area contributed by atoms with Crippen molar-refractivity contribution in [2.75, 3.05) is 6.61 Å². The van der Waals surface area contributed by atoms with E-state index in [1.165, 1.54) is 18.5 Å². The molecule has 2 rings (SSSR count). The molecular weight excluding hydrogens is 240 g/mol. The fourth-order valence-corrected chi connectivity index (χ4v) is 2.88. The van der Waals surface area contributed by atoms with Crippen molar-refractivity contribution in [2.45, 2.75) is 51.2 Å². The zero-order valence-corrected chi connectivity index (χ0v) is 12.0. The number of nitrogens with one attached hydrogen (secondary N) is 1. The normalized spacial score (nSPS) is 24.2. The molecule has 1 fully saturated rings.